The lowest BCUT2D eigenvalue weighted by Crippen LogP contribution is -2.32. The summed E-state index contributed by atoms with van der Waals surface area (Å²) in [6, 6.07) is 15.3. The molecule has 0 saturated carbocycles. The van der Waals surface area contributed by atoms with Gasteiger partial charge in [0.1, 0.15) is 18.0 Å². The zero-order valence-electron chi connectivity index (χ0n) is 13.5. The van der Waals surface area contributed by atoms with Gasteiger partial charge >= 0.3 is 0 Å². The molecule has 5 nitrogen and oxygen atoms in total. The average molecular weight is 373 g/mol. The van der Waals surface area contributed by atoms with Gasteiger partial charge in [0.05, 0.1) is 0 Å². The third-order valence-corrected chi connectivity index (χ3v) is 3.74. The van der Waals surface area contributed by atoms with Crippen molar-refractivity contribution in [3.63, 3.8) is 0 Å². The molecule has 7 heteroatoms. The molecule has 0 radical (unpaired) electrons. The molecule has 0 atom stereocenters. The number of benzene rings is 2. The third-order valence-electron chi connectivity index (χ3n) is 3.50. The maximum atomic E-state index is 13.2. The van der Waals surface area contributed by atoms with E-state index in [-0.39, 0.29) is 17.9 Å². The first-order chi connectivity index (χ1) is 12.5. The lowest BCUT2D eigenvalue weighted by Gasteiger charge is -2.10. The molecular weight excluding hydrogens is 359 g/mol. The first kappa shape index (κ1) is 17.7. The molecule has 1 N–H and O–H groups in total. The maximum Gasteiger partial charge on any atom is 0.295 e. The quantitative estimate of drug-likeness (QED) is 0.745. The van der Waals surface area contributed by atoms with Crippen molar-refractivity contribution >= 4 is 23.2 Å². The van der Waals surface area contributed by atoms with Crippen molar-refractivity contribution in [1.29, 1.82) is 0 Å². The largest absolute Gasteiger partial charge is 0.406 e. The Kier molecular flexibility index (Phi) is 5.34. The molecule has 3 aromatic rings. The van der Waals surface area contributed by atoms with Crippen LogP contribution < -0.4 is 15.7 Å². The molecule has 26 heavy (non-hydrogen) atoms. The van der Waals surface area contributed by atoms with E-state index >= 15 is 0 Å². The number of nitrogens with zero attached hydrogens (tertiary/aromatic N) is 1. The van der Waals surface area contributed by atoms with Crippen LogP contribution in [0.5, 0.6) is 0 Å². The number of hydrogen-bond acceptors (Lipinski definition) is 3. The van der Waals surface area contributed by atoms with E-state index in [1.165, 1.54) is 36.5 Å². The lowest BCUT2D eigenvalue weighted by atomic mass is 10.2. The van der Waals surface area contributed by atoms with E-state index in [1.54, 1.807) is 24.3 Å². The maximum absolute atomic E-state index is 13.2. The summed E-state index contributed by atoms with van der Waals surface area (Å²) in [6.45, 7) is 0.107. The van der Waals surface area contributed by atoms with Crippen LogP contribution in [-0.2, 0) is 6.61 Å². The van der Waals surface area contributed by atoms with E-state index in [1.807, 2.05) is 0 Å². The molecule has 0 fully saturated rings. The molecule has 0 bridgehead atoms. The summed E-state index contributed by atoms with van der Waals surface area (Å²) in [7, 11) is 0. The number of hydrogen-bond donors (Lipinski definition) is 1. The molecule has 0 saturated heterocycles. The van der Waals surface area contributed by atoms with Crippen LogP contribution in [0.2, 0.25) is 5.02 Å². The van der Waals surface area contributed by atoms with Gasteiger partial charge in [0.15, 0.2) is 0 Å². The minimum Gasteiger partial charge on any atom is -0.406 e. The molecule has 1 aromatic heterocycles. The zero-order chi connectivity index (χ0) is 18.5. The standard InChI is InChI=1S/C19H14ClFN2O3/c20-14-5-1-4-13(10-14)12-26-23-9-3-8-17(19(23)25)18(24)22-16-7-2-6-15(21)11-16/h1-11H,12H2,(H,22,24). The molecule has 0 unspecified atom stereocenters. The Morgan fingerprint density at radius 2 is 1.92 bits per heavy atom. The van der Waals surface area contributed by atoms with E-state index < -0.39 is 17.3 Å². The summed E-state index contributed by atoms with van der Waals surface area (Å²) >= 11 is 5.91. The third kappa shape index (κ3) is 4.29. The summed E-state index contributed by atoms with van der Waals surface area (Å²) < 4.78 is 14.2. The zero-order valence-corrected chi connectivity index (χ0v) is 14.2. The topological polar surface area (TPSA) is 60.3 Å². The Morgan fingerprint density at radius 3 is 2.69 bits per heavy atom. The van der Waals surface area contributed by atoms with Crippen LogP contribution in [0.4, 0.5) is 10.1 Å². The number of nitrogens with one attached hydrogen (secondary N) is 1. The monoisotopic (exact) mass is 372 g/mol. The number of carbonyl (C=O) groups excluding carboxylic acids is 1. The highest BCUT2D eigenvalue weighted by molar-refractivity contribution is 6.30. The highest BCUT2D eigenvalue weighted by Crippen LogP contribution is 2.11. The minimum absolute atomic E-state index is 0.107. The van der Waals surface area contributed by atoms with E-state index in [2.05, 4.69) is 5.32 Å². The first-order valence-corrected chi connectivity index (χ1v) is 8.07. The molecule has 3 rings (SSSR count). The highest BCUT2D eigenvalue weighted by atomic mass is 35.5. The second-order valence-corrected chi connectivity index (χ2v) is 5.86. The fourth-order valence-corrected chi connectivity index (χ4v) is 2.50. The second-order valence-electron chi connectivity index (χ2n) is 5.42. The van der Waals surface area contributed by atoms with Gasteiger partial charge in [-0.15, -0.1) is 0 Å². The molecule has 1 amide bonds. The fourth-order valence-electron chi connectivity index (χ4n) is 2.29. The van der Waals surface area contributed by atoms with Crippen molar-refractivity contribution in [3.8, 4) is 0 Å². The van der Waals surface area contributed by atoms with Crippen LogP contribution in [0.25, 0.3) is 0 Å². The van der Waals surface area contributed by atoms with Crippen molar-refractivity contribution in [1.82, 2.24) is 4.73 Å². The van der Waals surface area contributed by atoms with Crippen LogP contribution in [0.15, 0.2) is 71.7 Å². The number of halogens is 2. The van der Waals surface area contributed by atoms with Crippen LogP contribution in [0, 0.1) is 5.82 Å². The van der Waals surface area contributed by atoms with Crippen LogP contribution in [0.3, 0.4) is 0 Å². The van der Waals surface area contributed by atoms with Crippen molar-refractivity contribution in [2.45, 2.75) is 6.61 Å². The Hall–Kier alpha value is -3.12. The summed E-state index contributed by atoms with van der Waals surface area (Å²) in [5, 5.41) is 3.04. The normalized spacial score (nSPS) is 10.4. The summed E-state index contributed by atoms with van der Waals surface area (Å²) in [4.78, 5) is 30.2. The fraction of sp³-hybridized carbons (Fsp3) is 0.0526. The SMILES string of the molecule is O=C(Nc1cccc(F)c1)c1cccn(OCc2cccc(Cl)c2)c1=O. The Labute approximate surface area is 153 Å². The number of pyridine rings is 1. The molecule has 0 spiro atoms. The number of aromatic nitrogens is 1. The summed E-state index contributed by atoms with van der Waals surface area (Å²) in [6.07, 6.45) is 1.41. The number of amides is 1. The first-order valence-electron chi connectivity index (χ1n) is 7.69. The van der Waals surface area contributed by atoms with Gasteiger partial charge in [0.25, 0.3) is 11.5 Å². The lowest BCUT2D eigenvalue weighted by molar-refractivity contribution is 0.0863. The van der Waals surface area contributed by atoms with E-state index in [4.69, 9.17) is 16.4 Å². The average Bonchev–Trinajstić information content (AvgIpc) is 2.61. The van der Waals surface area contributed by atoms with Gasteiger partial charge < -0.3 is 10.2 Å². The molecule has 1 heterocycles. The van der Waals surface area contributed by atoms with Gasteiger partial charge in [0.2, 0.25) is 0 Å². The van der Waals surface area contributed by atoms with Crippen molar-refractivity contribution in [2.75, 3.05) is 5.32 Å². The summed E-state index contributed by atoms with van der Waals surface area (Å²) in [5.41, 5.74) is 0.287. The predicted octanol–water partition coefficient (Wildman–Crippen LogP) is 3.52. The Morgan fingerprint density at radius 1 is 1.12 bits per heavy atom. The smallest absolute Gasteiger partial charge is 0.295 e. The van der Waals surface area contributed by atoms with Gasteiger partial charge in [0, 0.05) is 16.9 Å². The molecule has 0 aliphatic rings. The van der Waals surface area contributed by atoms with E-state index in [0.717, 1.165) is 16.4 Å². The predicted molar refractivity (Wildman–Crippen MR) is 96.8 cm³/mol. The molecule has 132 valence electrons. The van der Waals surface area contributed by atoms with Gasteiger partial charge in [-0.1, -0.05) is 29.8 Å². The van der Waals surface area contributed by atoms with Gasteiger partial charge in [-0.25, -0.2) is 4.39 Å². The molecule has 0 aliphatic carbocycles. The molecule has 0 aliphatic heterocycles. The van der Waals surface area contributed by atoms with E-state index in [9.17, 15) is 14.0 Å². The Bertz CT molecular complexity index is 1000. The number of carbonyl (C=O) groups is 1. The highest BCUT2D eigenvalue weighted by Gasteiger charge is 2.13. The molecular formula is C19H14ClFN2O3. The van der Waals surface area contributed by atoms with Crippen molar-refractivity contribution < 1.29 is 14.0 Å². The van der Waals surface area contributed by atoms with Crippen molar-refractivity contribution in [3.05, 3.63) is 99.2 Å². The second kappa shape index (κ2) is 7.84. The van der Waals surface area contributed by atoms with Crippen LogP contribution in [0.1, 0.15) is 15.9 Å². The van der Waals surface area contributed by atoms with Gasteiger partial charge in [-0.2, -0.15) is 4.73 Å². The van der Waals surface area contributed by atoms with Crippen LogP contribution in [-0.4, -0.2) is 10.6 Å². The number of rotatable bonds is 5. The Balaban J connectivity index is 1.76. The van der Waals surface area contributed by atoms with Crippen LogP contribution >= 0.6 is 11.6 Å². The van der Waals surface area contributed by atoms with Crippen molar-refractivity contribution in [2.24, 2.45) is 0 Å². The van der Waals surface area contributed by atoms with E-state index in [0.29, 0.717) is 5.02 Å². The summed E-state index contributed by atoms with van der Waals surface area (Å²) in [5.74, 6) is -1.14. The van der Waals surface area contributed by atoms with Gasteiger partial charge in [-0.05, 0) is 48.0 Å². The molecule has 2 aromatic carbocycles. The minimum atomic E-state index is -0.652. The number of anilines is 1. The van der Waals surface area contributed by atoms with Gasteiger partial charge in [-0.3, -0.25) is 9.59 Å².